The van der Waals surface area contributed by atoms with Crippen LogP contribution < -0.4 is 22.1 Å². The Bertz CT molecular complexity index is 118. The molecule has 14 heteroatoms. The van der Waals surface area contributed by atoms with E-state index >= 15 is 0 Å². The molecule has 0 aliphatic rings. The molecule has 0 saturated carbocycles. The molecular formula is O9SnSrTi3. The van der Waals surface area contributed by atoms with Gasteiger partial charge in [-0.25, -0.2) is 0 Å². The van der Waals surface area contributed by atoms with Crippen LogP contribution >= 0.6 is 0 Å². The Morgan fingerprint density at radius 2 is 0.571 bits per heavy atom. The molecule has 0 radical (unpaired) electrons. The van der Waals surface area contributed by atoms with E-state index in [1.807, 2.05) is 0 Å². The molecule has 0 saturated heterocycles. The normalized spacial score (nSPS) is 5.57. The Morgan fingerprint density at radius 3 is 0.571 bits per heavy atom. The van der Waals surface area contributed by atoms with E-state index in [1.54, 1.807) is 0 Å². The summed E-state index contributed by atoms with van der Waals surface area (Å²) in [5, 5.41) is 0. The molecule has 0 aliphatic carbocycles. The van der Waals surface area contributed by atoms with E-state index in [9.17, 15) is 0 Å². The van der Waals surface area contributed by atoms with Gasteiger partial charge in [-0.1, -0.05) is 0 Å². The van der Waals surface area contributed by atoms with Gasteiger partial charge in [0.2, 0.25) is 0 Å². The molecule has 0 fully saturated rings. The summed E-state index contributed by atoms with van der Waals surface area (Å²) < 4.78 is 77.2. The zero-order valence-electron chi connectivity index (χ0n) is 6.38. The average Bonchev–Trinajstić information content (AvgIpc) is 1.54. The molecule has 0 aliphatic heterocycles. The first-order valence-electron chi connectivity index (χ1n) is 1.84. The quantitative estimate of drug-likeness (QED) is 0.295. The standard InChI is InChI=1S/9O.Sn.Sr.3Ti/q;;;6*-1;+4;+2;;;. The maximum absolute atomic E-state index is 8.58. The SMILES string of the molecule is [O]=[Ti]([O-])[O-].[O]=[Ti]([O-])[O-].[O]=[Ti]([O-])[O-].[Sn+4].[Sr+2]. The van der Waals surface area contributed by atoms with Gasteiger partial charge in [-0.15, -0.1) is 0 Å². The Kier molecular flexibility index (Phi) is 55.5. The minimum absolute atomic E-state index is 0. The van der Waals surface area contributed by atoms with Crippen molar-refractivity contribution >= 4 is 69.4 Å². The summed E-state index contributed by atoms with van der Waals surface area (Å²) in [7, 11) is 0. The zero-order chi connectivity index (χ0) is 10.7. The smallest absolute Gasteiger partial charge is 2.00 e. The molecule has 0 amide bonds. The second-order valence-electron chi connectivity index (χ2n) is 0.750. The van der Waals surface area contributed by atoms with Crippen LogP contribution in [0.25, 0.3) is 0 Å². The van der Waals surface area contributed by atoms with Gasteiger partial charge in [0.25, 0.3) is 0 Å². The molecule has 0 unspecified atom stereocenters. The number of hydrogen-bond acceptors (Lipinski definition) is 9. The van der Waals surface area contributed by atoms with E-state index in [-0.39, 0.29) is 69.4 Å². The molecule has 0 spiro atoms. The van der Waals surface area contributed by atoms with Crippen LogP contribution in [0.3, 0.4) is 0 Å². The van der Waals surface area contributed by atoms with Gasteiger partial charge in [0.1, 0.15) is 0 Å². The fourth-order valence-electron chi connectivity index (χ4n) is 0. The van der Waals surface area contributed by atoms with Crippen molar-refractivity contribution in [2.45, 2.75) is 0 Å². The summed E-state index contributed by atoms with van der Waals surface area (Å²) in [6.45, 7) is 0. The Hall–Kier alpha value is 3.58. The maximum Gasteiger partial charge on any atom is 4.00 e. The van der Waals surface area contributed by atoms with Crippen LogP contribution in [-0.2, 0) is 65.8 Å². The summed E-state index contributed by atoms with van der Waals surface area (Å²) in [6.07, 6.45) is 0. The second kappa shape index (κ2) is 25.4. The van der Waals surface area contributed by atoms with Gasteiger partial charge in [0.05, 0.1) is 0 Å². The third-order valence-corrected chi connectivity index (χ3v) is 0. The van der Waals surface area contributed by atoms with Crippen molar-refractivity contribution in [1.29, 1.82) is 0 Å². The summed E-state index contributed by atoms with van der Waals surface area (Å²) in [4.78, 5) is 0. The van der Waals surface area contributed by atoms with E-state index in [1.165, 1.54) is 0 Å². The van der Waals surface area contributed by atoms with Crippen molar-refractivity contribution in [2.75, 3.05) is 0 Å². The molecule has 0 rings (SSSR count). The first-order chi connectivity index (χ1) is 5.20. The van der Waals surface area contributed by atoms with Crippen LogP contribution in [0.4, 0.5) is 0 Å². The van der Waals surface area contributed by atoms with Crippen molar-refractivity contribution in [3.05, 3.63) is 0 Å². The fourth-order valence-corrected chi connectivity index (χ4v) is 0. The molecule has 9 nitrogen and oxygen atoms in total. The summed E-state index contributed by atoms with van der Waals surface area (Å²) in [6, 6.07) is 0. The molecule has 14 heavy (non-hydrogen) atoms. The van der Waals surface area contributed by atoms with E-state index in [4.69, 9.17) is 32.1 Å². The Labute approximate surface area is 154 Å². The average molecular weight is 494 g/mol. The number of rotatable bonds is 0. The molecular weight excluding hydrogens is 494 g/mol. The topological polar surface area (TPSA) is 190 Å². The van der Waals surface area contributed by atoms with Gasteiger partial charge in [-0.05, 0) is 0 Å². The summed E-state index contributed by atoms with van der Waals surface area (Å²) in [5.41, 5.74) is 0. The minimum Gasteiger partial charge on any atom is 2.00 e. The molecule has 0 atom stereocenters. The van der Waals surface area contributed by atoms with Crippen molar-refractivity contribution in [2.24, 2.45) is 0 Å². The second-order valence-corrected chi connectivity index (χ2v) is 3.09. The zero-order valence-corrected chi connectivity index (χ0v) is 17.4. The molecule has 72 valence electrons. The first kappa shape index (κ1) is 30.5. The first-order valence-corrected chi connectivity index (χ1v) is 7.57. The van der Waals surface area contributed by atoms with Gasteiger partial charge in [0, 0.05) is 0 Å². The third kappa shape index (κ3) is 258. The van der Waals surface area contributed by atoms with Gasteiger partial charge in [-0.2, -0.15) is 0 Å². The monoisotopic (exact) mass is 496 g/mol. The Morgan fingerprint density at radius 1 is 0.571 bits per heavy atom. The third-order valence-electron chi connectivity index (χ3n) is 0. The largest absolute Gasteiger partial charge is 4.00 e. The Balaban J connectivity index is -0.0000000270. The minimum atomic E-state index is -4.08. The van der Waals surface area contributed by atoms with Crippen LogP contribution in [0.15, 0.2) is 0 Å². The van der Waals surface area contributed by atoms with Crippen molar-refractivity contribution in [1.82, 2.24) is 0 Å². The summed E-state index contributed by atoms with van der Waals surface area (Å²) in [5.74, 6) is 0. The predicted molar refractivity (Wildman–Crippen MR) is 13.6 cm³/mol. The predicted octanol–water partition coefficient (Wildman–Crippen LogP) is -8.26. The van der Waals surface area contributed by atoms with Crippen LogP contribution in [0.1, 0.15) is 0 Å². The van der Waals surface area contributed by atoms with Gasteiger partial charge >= 0.3 is 157 Å². The van der Waals surface area contributed by atoms with Crippen molar-refractivity contribution in [3.63, 3.8) is 0 Å². The van der Waals surface area contributed by atoms with Crippen LogP contribution in [0, 0.1) is 0 Å². The van der Waals surface area contributed by atoms with Crippen LogP contribution in [0.2, 0.25) is 0 Å². The maximum atomic E-state index is 8.58. The van der Waals surface area contributed by atoms with E-state index < -0.39 is 55.8 Å². The fraction of sp³-hybridized carbons (Fsp3) is 0. The summed E-state index contributed by atoms with van der Waals surface area (Å²) >= 11 is -12.2. The van der Waals surface area contributed by atoms with Crippen molar-refractivity contribution < 1.29 is 88.0 Å². The van der Waals surface area contributed by atoms with Gasteiger partial charge in [0.15, 0.2) is 0 Å². The molecule has 0 N–H and O–H groups in total. The van der Waals surface area contributed by atoms with Crippen LogP contribution in [0.5, 0.6) is 0 Å². The molecule has 0 aromatic rings. The van der Waals surface area contributed by atoms with E-state index in [0.29, 0.717) is 0 Å². The van der Waals surface area contributed by atoms with E-state index in [0.717, 1.165) is 0 Å². The molecule has 0 aromatic carbocycles. The van der Waals surface area contributed by atoms with Gasteiger partial charge < -0.3 is 0 Å². The van der Waals surface area contributed by atoms with Crippen molar-refractivity contribution in [3.8, 4) is 0 Å². The van der Waals surface area contributed by atoms with Gasteiger partial charge in [-0.3, -0.25) is 0 Å². The van der Waals surface area contributed by atoms with E-state index in [2.05, 4.69) is 0 Å². The molecule has 0 aromatic heterocycles. The molecule has 0 heterocycles. The van der Waals surface area contributed by atoms with Crippen LogP contribution in [-0.4, -0.2) is 69.4 Å². The number of hydrogen-bond donors (Lipinski definition) is 0. The molecule has 0 bridgehead atoms.